The van der Waals surface area contributed by atoms with E-state index in [0.717, 1.165) is 29.2 Å². The van der Waals surface area contributed by atoms with E-state index in [1.165, 1.54) is 7.05 Å². The Balaban J connectivity index is 1.71. The van der Waals surface area contributed by atoms with Gasteiger partial charge >= 0.3 is 6.36 Å². The molecule has 182 valence electrons. The van der Waals surface area contributed by atoms with Gasteiger partial charge in [0.1, 0.15) is 11.5 Å². The molecule has 7 nitrogen and oxygen atoms in total. The summed E-state index contributed by atoms with van der Waals surface area (Å²) in [5, 5.41) is 10.7. The summed E-state index contributed by atoms with van der Waals surface area (Å²) in [7, 11) is 1.38. The van der Waals surface area contributed by atoms with Gasteiger partial charge in [-0.15, -0.1) is 13.2 Å². The van der Waals surface area contributed by atoms with Crippen molar-refractivity contribution in [2.75, 3.05) is 7.05 Å². The highest BCUT2D eigenvalue weighted by molar-refractivity contribution is 9.12. The van der Waals surface area contributed by atoms with Gasteiger partial charge < -0.3 is 9.84 Å². The first-order valence-electron chi connectivity index (χ1n) is 10.7. The largest absolute Gasteiger partial charge is 0.573 e. The van der Waals surface area contributed by atoms with Gasteiger partial charge in [0.2, 0.25) is 11.8 Å². The Morgan fingerprint density at radius 3 is 2.51 bits per heavy atom. The molecule has 4 aliphatic rings. The van der Waals surface area contributed by atoms with E-state index in [-0.39, 0.29) is 39.9 Å². The number of phenols is 1. The van der Waals surface area contributed by atoms with Crippen LogP contribution in [0.2, 0.25) is 0 Å². The minimum Gasteiger partial charge on any atom is -0.508 e. The molecule has 0 spiro atoms. The number of ketones is 2. The molecular weight excluding hydrogens is 535 g/mol. The van der Waals surface area contributed by atoms with Gasteiger partial charge in [-0.3, -0.25) is 24.1 Å². The van der Waals surface area contributed by atoms with Crippen molar-refractivity contribution in [2.45, 2.75) is 25.1 Å². The number of hydrogen-bond donors (Lipinski definition) is 1. The third-order valence-corrected chi connectivity index (χ3v) is 7.68. The molecule has 4 unspecified atom stereocenters. The van der Waals surface area contributed by atoms with Crippen LogP contribution in [0, 0.1) is 17.8 Å². The minimum atomic E-state index is -4.99. The number of ether oxygens (including phenoxy) is 1. The first-order chi connectivity index (χ1) is 16.4. The number of nitrogens with zero attached hydrogens (tertiary/aromatic N) is 1. The summed E-state index contributed by atoms with van der Waals surface area (Å²) >= 11 is 3.09. The van der Waals surface area contributed by atoms with E-state index in [0.29, 0.717) is 5.57 Å². The maximum absolute atomic E-state index is 13.1. The molecule has 11 heteroatoms. The van der Waals surface area contributed by atoms with Gasteiger partial charge in [-0.2, -0.15) is 0 Å². The molecule has 35 heavy (non-hydrogen) atoms. The van der Waals surface area contributed by atoms with E-state index in [1.807, 2.05) is 0 Å². The summed E-state index contributed by atoms with van der Waals surface area (Å²) in [6.45, 7) is 0. The van der Waals surface area contributed by atoms with Crippen LogP contribution >= 0.6 is 15.9 Å². The van der Waals surface area contributed by atoms with Gasteiger partial charge in [0.05, 0.1) is 16.3 Å². The molecule has 3 aliphatic carbocycles. The smallest absolute Gasteiger partial charge is 0.508 e. The normalized spacial score (nSPS) is 28.4. The number of carbonyl (C=O) groups is 4. The van der Waals surface area contributed by atoms with Crippen LogP contribution in [-0.2, 0) is 19.2 Å². The molecule has 1 saturated heterocycles. The van der Waals surface area contributed by atoms with E-state index in [1.54, 1.807) is 6.08 Å². The first-order valence-corrected chi connectivity index (χ1v) is 11.5. The number of allylic oxidation sites excluding steroid dienone is 6. The highest BCUT2D eigenvalue weighted by Crippen LogP contribution is 2.56. The zero-order valence-corrected chi connectivity index (χ0v) is 19.6. The van der Waals surface area contributed by atoms with Crippen LogP contribution in [0.5, 0.6) is 11.5 Å². The van der Waals surface area contributed by atoms with Gasteiger partial charge in [0, 0.05) is 35.8 Å². The number of phenolic OH excluding ortho intramolecular Hbond substituents is 1. The van der Waals surface area contributed by atoms with Crippen molar-refractivity contribution in [3.8, 4) is 11.5 Å². The molecule has 0 radical (unpaired) electrons. The fourth-order valence-electron chi connectivity index (χ4n) is 5.68. The fraction of sp³-hybridized carbons (Fsp3) is 0.333. The molecule has 0 saturated carbocycles. The number of Topliss-reactive ketones (excluding diaryl/α,β-unsaturated/α-hetero) is 1. The highest BCUT2D eigenvalue weighted by Gasteiger charge is 2.55. The van der Waals surface area contributed by atoms with Crippen molar-refractivity contribution in [3.63, 3.8) is 0 Å². The lowest BCUT2D eigenvalue weighted by Crippen LogP contribution is -2.39. The predicted molar refractivity (Wildman–Crippen MR) is 117 cm³/mol. The van der Waals surface area contributed by atoms with E-state index in [4.69, 9.17) is 0 Å². The third kappa shape index (κ3) is 3.64. The summed E-state index contributed by atoms with van der Waals surface area (Å²) in [5.74, 6) is -5.96. The number of alkyl halides is 3. The number of halogens is 4. The number of aromatic hydroxyl groups is 1. The quantitative estimate of drug-likeness (QED) is 0.342. The van der Waals surface area contributed by atoms with Gasteiger partial charge in [-0.1, -0.05) is 11.6 Å². The molecule has 1 N–H and O–H groups in total. The fourth-order valence-corrected chi connectivity index (χ4v) is 6.13. The van der Waals surface area contributed by atoms with Crippen LogP contribution in [0.15, 0.2) is 51.6 Å². The number of benzene rings is 1. The van der Waals surface area contributed by atoms with Crippen LogP contribution in [0.25, 0.3) is 0 Å². The highest BCUT2D eigenvalue weighted by atomic mass is 79.9. The summed E-state index contributed by atoms with van der Waals surface area (Å²) < 4.78 is 42.7. The zero-order chi connectivity index (χ0) is 25.4. The molecular formula is C24H17BrF3NO6. The maximum Gasteiger partial charge on any atom is 0.573 e. The van der Waals surface area contributed by atoms with Crippen molar-refractivity contribution < 1.29 is 42.2 Å². The van der Waals surface area contributed by atoms with Crippen LogP contribution < -0.4 is 4.74 Å². The Bertz CT molecular complexity index is 1310. The summed E-state index contributed by atoms with van der Waals surface area (Å²) in [4.78, 5) is 52.8. The van der Waals surface area contributed by atoms with Gasteiger partial charge in [0.25, 0.3) is 0 Å². The molecule has 1 heterocycles. The Hall–Kier alpha value is -3.21. The number of amides is 2. The monoisotopic (exact) mass is 551 g/mol. The molecule has 1 aromatic rings. The second-order valence-corrected chi connectivity index (χ2v) is 9.75. The van der Waals surface area contributed by atoms with Gasteiger partial charge in [-0.05, 0) is 52.9 Å². The maximum atomic E-state index is 13.1. The molecule has 1 aliphatic heterocycles. The Labute approximate surface area is 205 Å². The molecule has 0 bridgehead atoms. The zero-order valence-electron chi connectivity index (χ0n) is 18.1. The van der Waals surface area contributed by atoms with Crippen molar-refractivity contribution in [3.05, 3.63) is 57.1 Å². The van der Waals surface area contributed by atoms with Crippen LogP contribution in [0.1, 0.15) is 24.3 Å². The Morgan fingerprint density at radius 2 is 1.83 bits per heavy atom. The van der Waals surface area contributed by atoms with Crippen molar-refractivity contribution in [1.29, 1.82) is 0 Å². The Morgan fingerprint density at radius 1 is 1.11 bits per heavy atom. The van der Waals surface area contributed by atoms with E-state index in [9.17, 15) is 37.5 Å². The second kappa shape index (κ2) is 7.91. The molecule has 0 aromatic heterocycles. The minimum absolute atomic E-state index is 0.0126. The third-order valence-electron chi connectivity index (χ3n) is 7.10. The molecule has 4 atom stereocenters. The topological polar surface area (TPSA) is 101 Å². The van der Waals surface area contributed by atoms with E-state index in [2.05, 4.69) is 20.7 Å². The molecule has 2 amide bonds. The lowest BCUT2D eigenvalue weighted by molar-refractivity contribution is -0.274. The van der Waals surface area contributed by atoms with Crippen LogP contribution in [-0.4, -0.2) is 46.8 Å². The van der Waals surface area contributed by atoms with E-state index < -0.39 is 59.0 Å². The second-order valence-electron chi connectivity index (χ2n) is 8.90. The van der Waals surface area contributed by atoms with Crippen LogP contribution in [0.3, 0.4) is 0 Å². The molecule has 1 aromatic carbocycles. The first kappa shape index (κ1) is 23.5. The number of fused-ring (bicyclic) bond motifs is 3. The van der Waals surface area contributed by atoms with Gasteiger partial charge in [0.15, 0.2) is 11.6 Å². The molecule has 1 fully saturated rings. The summed E-state index contributed by atoms with van der Waals surface area (Å²) in [6, 6.07) is 2.93. The van der Waals surface area contributed by atoms with Crippen molar-refractivity contribution >= 4 is 39.3 Å². The standard InChI is InChI=1S/C24H17BrF3NO6/c1-29-22(33)11-4-3-10-12(19(11)23(29)34)7-14-20(17(31)8-15(25)21(14)32)18(10)13-6-9(2-5-16(13)30)35-24(26,27)28/h2-3,5-6,8,11-12,18-19,30H,4,7H2,1H3. The summed E-state index contributed by atoms with van der Waals surface area (Å²) in [5.41, 5.74) is 0.581. The van der Waals surface area contributed by atoms with Gasteiger partial charge in [-0.25, -0.2) is 0 Å². The Kier molecular flexibility index (Phi) is 5.31. The average Bonchev–Trinajstić information content (AvgIpc) is 3.00. The lowest BCUT2D eigenvalue weighted by Gasteiger charge is -2.42. The lowest BCUT2D eigenvalue weighted by atomic mass is 9.59. The summed E-state index contributed by atoms with van der Waals surface area (Å²) in [6.07, 6.45) is -2.00. The van der Waals surface area contributed by atoms with Crippen molar-refractivity contribution in [2.24, 2.45) is 17.8 Å². The number of imide groups is 1. The average molecular weight is 552 g/mol. The number of carbonyl (C=O) groups excluding carboxylic acids is 4. The number of rotatable bonds is 2. The van der Waals surface area contributed by atoms with E-state index >= 15 is 0 Å². The van der Waals surface area contributed by atoms with Crippen molar-refractivity contribution in [1.82, 2.24) is 4.90 Å². The number of hydrogen-bond acceptors (Lipinski definition) is 6. The number of likely N-dealkylation sites (tertiary alicyclic amines) is 1. The predicted octanol–water partition coefficient (Wildman–Crippen LogP) is 3.68. The van der Waals surface area contributed by atoms with Crippen LogP contribution in [0.4, 0.5) is 13.2 Å². The SMILES string of the molecule is CN1C(=O)C2CC=C3C(c4cc(OC(F)(F)F)ccc4O)C4=C(CC3C2C1=O)C(=O)C(Br)=CC4=O. The molecule has 5 rings (SSSR count).